The van der Waals surface area contributed by atoms with Gasteiger partial charge in [0.1, 0.15) is 5.69 Å². The highest BCUT2D eigenvalue weighted by atomic mass is 32.2. The average molecular weight is 173 g/mol. The Kier molecular flexibility index (Phi) is 2.48. The van der Waals surface area contributed by atoms with Crippen LogP contribution in [-0.2, 0) is 5.75 Å². The molecule has 6 heteroatoms. The Morgan fingerprint density at radius 1 is 1.73 bits per heavy atom. The van der Waals surface area contributed by atoms with Crippen LogP contribution in [0.25, 0.3) is 0 Å². The number of hydrogen-bond donors (Lipinski definition) is 2. The molecule has 0 unspecified atom stereocenters. The van der Waals surface area contributed by atoms with E-state index < -0.39 is 5.97 Å². The van der Waals surface area contributed by atoms with Crippen molar-refractivity contribution in [2.45, 2.75) is 5.75 Å². The molecular formula is C5H7N3O2S. The quantitative estimate of drug-likeness (QED) is 0.690. The second kappa shape index (κ2) is 3.38. The Morgan fingerprint density at radius 2 is 2.45 bits per heavy atom. The van der Waals surface area contributed by atoms with Crippen molar-refractivity contribution < 1.29 is 9.90 Å². The molecule has 0 saturated heterocycles. The van der Waals surface area contributed by atoms with Gasteiger partial charge >= 0.3 is 5.97 Å². The van der Waals surface area contributed by atoms with Crippen LogP contribution in [0.4, 0.5) is 0 Å². The number of aromatic nitrogens is 3. The maximum Gasteiger partial charge on any atom is 0.358 e. The standard InChI is InChI=1S/C5H7N3O2S/c1-11-2-3-4(5(9)10)7-8-6-3/h2H2,1H3,(H,9,10)(H,6,7,8). The predicted octanol–water partition coefficient (Wildman–Crippen LogP) is 0.366. The van der Waals surface area contributed by atoms with Crippen molar-refractivity contribution in [1.29, 1.82) is 0 Å². The molecule has 2 N–H and O–H groups in total. The van der Waals surface area contributed by atoms with E-state index >= 15 is 0 Å². The van der Waals surface area contributed by atoms with Crippen LogP contribution in [0.3, 0.4) is 0 Å². The van der Waals surface area contributed by atoms with E-state index in [-0.39, 0.29) is 5.69 Å². The molecule has 0 radical (unpaired) electrons. The molecule has 0 bridgehead atoms. The Hall–Kier alpha value is -1.04. The number of H-pyrrole nitrogens is 1. The zero-order valence-electron chi connectivity index (χ0n) is 5.87. The van der Waals surface area contributed by atoms with Crippen molar-refractivity contribution in [2.75, 3.05) is 6.26 Å². The number of nitrogens with one attached hydrogen (secondary N) is 1. The first-order valence-corrected chi connectivity index (χ1v) is 4.27. The van der Waals surface area contributed by atoms with E-state index in [1.165, 1.54) is 11.8 Å². The summed E-state index contributed by atoms with van der Waals surface area (Å²) in [6.45, 7) is 0. The molecule has 5 nitrogen and oxygen atoms in total. The molecule has 0 aliphatic carbocycles. The third-order valence-corrected chi connectivity index (χ3v) is 1.67. The van der Waals surface area contributed by atoms with Gasteiger partial charge in [0.25, 0.3) is 0 Å². The van der Waals surface area contributed by atoms with Crippen molar-refractivity contribution in [3.8, 4) is 0 Å². The molecule has 60 valence electrons. The highest BCUT2D eigenvalue weighted by molar-refractivity contribution is 7.97. The van der Waals surface area contributed by atoms with Gasteiger partial charge in [-0.3, -0.25) is 0 Å². The normalized spacial score (nSPS) is 9.91. The van der Waals surface area contributed by atoms with Gasteiger partial charge < -0.3 is 5.11 Å². The van der Waals surface area contributed by atoms with Crippen LogP contribution in [0.1, 0.15) is 16.2 Å². The Bertz CT molecular complexity index is 260. The molecule has 0 spiro atoms. The summed E-state index contributed by atoms with van der Waals surface area (Å²) in [5.41, 5.74) is 0.504. The van der Waals surface area contributed by atoms with Crippen molar-refractivity contribution in [3.05, 3.63) is 11.4 Å². The van der Waals surface area contributed by atoms with E-state index in [9.17, 15) is 4.79 Å². The summed E-state index contributed by atoms with van der Waals surface area (Å²) >= 11 is 1.51. The molecule has 0 atom stereocenters. The van der Waals surface area contributed by atoms with Crippen LogP contribution in [-0.4, -0.2) is 32.7 Å². The first-order valence-electron chi connectivity index (χ1n) is 2.87. The molecule has 1 rings (SSSR count). The lowest BCUT2D eigenvalue weighted by molar-refractivity contribution is 0.0689. The predicted molar refractivity (Wildman–Crippen MR) is 40.6 cm³/mol. The summed E-state index contributed by atoms with van der Waals surface area (Å²) in [5.74, 6) is -0.471. The molecule has 0 saturated carbocycles. The number of thioether (sulfide) groups is 1. The Balaban J connectivity index is 2.87. The van der Waals surface area contributed by atoms with E-state index in [1.54, 1.807) is 0 Å². The minimum atomic E-state index is -1.04. The molecule has 1 heterocycles. The van der Waals surface area contributed by atoms with E-state index in [0.717, 1.165) is 0 Å². The fourth-order valence-corrected chi connectivity index (χ4v) is 1.14. The summed E-state index contributed by atoms with van der Waals surface area (Å²) in [5, 5.41) is 18.0. The van der Waals surface area contributed by atoms with Crippen molar-refractivity contribution >= 4 is 17.7 Å². The second-order valence-corrected chi connectivity index (χ2v) is 2.72. The largest absolute Gasteiger partial charge is 0.476 e. The lowest BCUT2D eigenvalue weighted by Gasteiger charge is -1.90. The molecular weight excluding hydrogens is 166 g/mol. The topological polar surface area (TPSA) is 78.9 Å². The molecule has 1 aromatic heterocycles. The van der Waals surface area contributed by atoms with Gasteiger partial charge in [-0.05, 0) is 6.26 Å². The van der Waals surface area contributed by atoms with Gasteiger partial charge in [0.05, 0.1) is 0 Å². The maximum absolute atomic E-state index is 10.4. The fraction of sp³-hybridized carbons (Fsp3) is 0.400. The van der Waals surface area contributed by atoms with Crippen molar-refractivity contribution in [3.63, 3.8) is 0 Å². The first-order chi connectivity index (χ1) is 5.25. The van der Waals surface area contributed by atoms with Gasteiger partial charge in [0.2, 0.25) is 0 Å². The molecule has 0 fully saturated rings. The third-order valence-electron chi connectivity index (χ3n) is 1.10. The van der Waals surface area contributed by atoms with Crippen molar-refractivity contribution in [2.24, 2.45) is 0 Å². The number of aromatic carboxylic acids is 1. The molecule has 0 aromatic carbocycles. The van der Waals surface area contributed by atoms with Gasteiger partial charge in [0, 0.05) is 5.75 Å². The van der Waals surface area contributed by atoms with Gasteiger partial charge in [-0.1, -0.05) is 0 Å². The summed E-state index contributed by atoms with van der Waals surface area (Å²) in [6.07, 6.45) is 1.88. The van der Waals surface area contributed by atoms with E-state index in [1.807, 2.05) is 6.26 Å². The Morgan fingerprint density at radius 3 is 3.00 bits per heavy atom. The van der Waals surface area contributed by atoms with E-state index in [2.05, 4.69) is 15.4 Å². The number of carboxylic acids is 1. The van der Waals surface area contributed by atoms with Crippen LogP contribution in [0, 0.1) is 0 Å². The lowest BCUT2D eigenvalue weighted by atomic mass is 10.3. The zero-order valence-corrected chi connectivity index (χ0v) is 6.68. The summed E-state index contributed by atoms with van der Waals surface area (Å²) < 4.78 is 0. The van der Waals surface area contributed by atoms with Gasteiger partial charge in [0.15, 0.2) is 5.69 Å². The molecule has 11 heavy (non-hydrogen) atoms. The average Bonchev–Trinajstić information content (AvgIpc) is 2.36. The third kappa shape index (κ3) is 1.70. The van der Waals surface area contributed by atoms with Crippen LogP contribution in [0.5, 0.6) is 0 Å². The SMILES string of the molecule is CSCc1n[nH]nc1C(=O)O. The molecule has 0 amide bonds. The summed E-state index contributed by atoms with van der Waals surface area (Å²) in [6, 6.07) is 0. The molecule has 0 aliphatic rings. The highest BCUT2D eigenvalue weighted by Crippen LogP contribution is 2.08. The number of carbonyl (C=O) groups is 1. The van der Waals surface area contributed by atoms with Crippen LogP contribution in [0.15, 0.2) is 0 Å². The maximum atomic E-state index is 10.4. The van der Waals surface area contributed by atoms with Crippen LogP contribution < -0.4 is 0 Å². The molecule has 0 aliphatic heterocycles. The zero-order chi connectivity index (χ0) is 8.27. The molecule has 1 aromatic rings. The van der Waals surface area contributed by atoms with Gasteiger partial charge in [-0.25, -0.2) is 4.79 Å². The minimum Gasteiger partial charge on any atom is -0.476 e. The van der Waals surface area contributed by atoms with E-state index in [4.69, 9.17) is 5.11 Å². The summed E-state index contributed by atoms with van der Waals surface area (Å²) in [4.78, 5) is 10.4. The summed E-state index contributed by atoms with van der Waals surface area (Å²) in [7, 11) is 0. The number of hydrogen-bond acceptors (Lipinski definition) is 4. The lowest BCUT2D eigenvalue weighted by Crippen LogP contribution is -2.00. The van der Waals surface area contributed by atoms with Crippen LogP contribution in [0.2, 0.25) is 0 Å². The van der Waals surface area contributed by atoms with Gasteiger partial charge in [-0.15, -0.1) is 5.10 Å². The monoisotopic (exact) mass is 173 g/mol. The van der Waals surface area contributed by atoms with E-state index in [0.29, 0.717) is 11.4 Å². The fourth-order valence-electron chi connectivity index (χ4n) is 0.661. The minimum absolute atomic E-state index is 0.0133. The van der Waals surface area contributed by atoms with Crippen molar-refractivity contribution in [1.82, 2.24) is 15.4 Å². The number of rotatable bonds is 3. The smallest absolute Gasteiger partial charge is 0.358 e. The number of aromatic amines is 1. The highest BCUT2D eigenvalue weighted by Gasteiger charge is 2.13. The Labute approximate surface area is 67.2 Å². The number of nitrogens with zero attached hydrogens (tertiary/aromatic N) is 2. The number of carboxylic acid groups (broad SMARTS) is 1. The second-order valence-electron chi connectivity index (χ2n) is 1.86. The van der Waals surface area contributed by atoms with Gasteiger partial charge in [-0.2, -0.15) is 22.1 Å². The first kappa shape index (κ1) is 8.06. The van der Waals surface area contributed by atoms with Crippen LogP contribution >= 0.6 is 11.8 Å².